The van der Waals surface area contributed by atoms with Gasteiger partial charge in [0, 0.05) is 79.2 Å². The molecule has 0 unspecified atom stereocenters. The zero-order valence-corrected chi connectivity index (χ0v) is 26.9. The maximum atomic E-state index is 13.4. The number of hydrogen-bond donors (Lipinski definition) is 3. The van der Waals surface area contributed by atoms with Crippen molar-refractivity contribution in [3.63, 3.8) is 0 Å². The number of aryl methyl sites for hydroxylation is 1. The van der Waals surface area contributed by atoms with Crippen LogP contribution in [0.3, 0.4) is 0 Å². The molecule has 0 aliphatic carbocycles. The number of fused-ring (bicyclic) bond motifs is 1. The van der Waals surface area contributed by atoms with Crippen molar-refractivity contribution in [2.24, 2.45) is 7.05 Å². The van der Waals surface area contributed by atoms with Gasteiger partial charge >= 0.3 is 0 Å². The molecule has 1 aliphatic rings. The molecular formula is C30H33BrN9O2P. The predicted molar refractivity (Wildman–Crippen MR) is 177 cm³/mol. The summed E-state index contributed by atoms with van der Waals surface area (Å²) in [5.41, 5.74) is 5.25. The second kappa shape index (κ2) is 11.9. The van der Waals surface area contributed by atoms with E-state index in [9.17, 15) is 4.57 Å². The first kappa shape index (κ1) is 29.1. The van der Waals surface area contributed by atoms with Crippen molar-refractivity contribution in [3.8, 4) is 16.9 Å². The molecule has 222 valence electrons. The van der Waals surface area contributed by atoms with Gasteiger partial charge in [-0.15, -0.1) is 0 Å². The molecule has 3 aromatic heterocycles. The molecular weight excluding hydrogens is 629 g/mol. The highest BCUT2D eigenvalue weighted by Gasteiger charge is 2.23. The van der Waals surface area contributed by atoms with Crippen LogP contribution >= 0.6 is 23.1 Å². The SMILES string of the molecule is COc1cc(N2CCNCC2)c(-c2cnn(C)c2)cc1Nc1ncc(Br)c(Nc2cnc3ccccc3c2P(C)(C)=O)n1. The van der Waals surface area contributed by atoms with E-state index in [0.717, 1.165) is 59.2 Å². The number of methoxy groups -OCH3 is 1. The van der Waals surface area contributed by atoms with Crippen molar-refractivity contribution in [1.82, 2.24) is 30.0 Å². The Bertz CT molecular complexity index is 1850. The van der Waals surface area contributed by atoms with E-state index < -0.39 is 7.14 Å². The summed E-state index contributed by atoms with van der Waals surface area (Å²) in [7, 11) is 0.877. The summed E-state index contributed by atoms with van der Waals surface area (Å²) in [5.74, 6) is 1.54. The molecule has 4 heterocycles. The number of nitrogens with zero attached hydrogens (tertiary/aromatic N) is 6. The van der Waals surface area contributed by atoms with Crippen LogP contribution in [0.1, 0.15) is 0 Å². The van der Waals surface area contributed by atoms with Crippen molar-refractivity contribution < 1.29 is 9.30 Å². The van der Waals surface area contributed by atoms with Crippen LogP contribution in [0.4, 0.5) is 28.8 Å². The largest absolute Gasteiger partial charge is 0.494 e. The normalized spacial score (nSPS) is 13.7. The van der Waals surface area contributed by atoms with E-state index in [0.29, 0.717) is 33.4 Å². The van der Waals surface area contributed by atoms with Gasteiger partial charge in [0.1, 0.15) is 18.7 Å². The van der Waals surface area contributed by atoms with Crippen LogP contribution in [-0.4, -0.2) is 71.4 Å². The quantitative estimate of drug-likeness (QED) is 0.188. The third-order valence-electron chi connectivity index (χ3n) is 7.32. The fraction of sp³-hybridized carbons (Fsp3) is 0.267. The van der Waals surface area contributed by atoms with Gasteiger partial charge in [-0.1, -0.05) is 18.2 Å². The van der Waals surface area contributed by atoms with E-state index >= 15 is 0 Å². The number of piperazine rings is 1. The monoisotopic (exact) mass is 661 g/mol. The Labute approximate surface area is 258 Å². The number of anilines is 5. The highest BCUT2D eigenvalue weighted by molar-refractivity contribution is 9.10. The van der Waals surface area contributed by atoms with Crippen LogP contribution in [-0.2, 0) is 11.6 Å². The van der Waals surface area contributed by atoms with Gasteiger partial charge in [0.2, 0.25) is 5.95 Å². The standard InChI is InChI=1S/C30H33BrN9O2P/c1-39-18-19(15-35-39)21-13-24(27(42-2)14-26(21)40-11-9-32-10-12-40)37-30-34-16-22(31)29(38-30)36-25-17-33-23-8-6-5-7-20(23)28(25)43(3,4)41/h5-8,13-18,32H,9-12H2,1-4H3,(H2,34,36,37,38). The maximum absolute atomic E-state index is 13.4. The van der Waals surface area contributed by atoms with E-state index in [4.69, 9.17) is 9.72 Å². The molecule has 0 amide bonds. The maximum Gasteiger partial charge on any atom is 0.229 e. The number of nitrogens with one attached hydrogen (secondary N) is 3. The Hall–Kier alpha value is -3.99. The molecule has 13 heteroatoms. The number of ether oxygens (including phenoxy) is 1. The smallest absolute Gasteiger partial charge is 0.229 e. The molecule has 0 atom stereocenters. The molecule has 0 radical (unpaired) electrons. The number of rotatable bonds is 8. The molecule has 43 heavy (non-hydrogen) atoms. The average molecular weight is 663 g/mol. The third-order valence-corrected chi connectivity index (χ3v) is 9.46. The topological polar surface area (TPSA) is 122 Å². The van der Waals surface area contributed by atoms with Gasteiger partial charge in [-0.2, -0.15) is 10.1 Å². The van der Waals surface area contributed by atoms with E-state index in [2.05, 4.69) is 64.0 Å². The lowest BCUT2D eigenvalue weighted by molar-refractivity contribution is 0.416. The molecule has 1 saturated heterocycles. The Morgan fingerprint density at radius 1 is 1.02 bits per heavy atom. The molecule has 11 nitrogen and oxygen atoms in total. The van der Waals surface area contributed by atoms with Gasteiger partial charge in [0.25, 0.3) is 0 Å². The lowest BCUT2D eigenvalue weighted by Crippen LogP contribution is -2.43. The molecule has 0 bridgehead atoms. The zero-order valence-electron chi connectivity index (χ0n) is 24.4. The van der Waals surface area contributed by atoms with Gasteiger partial charge in [-0.05, 0) is 41.4 Å². The van der Waals surface area contributed by atoms with Crippen molar-refractivity contribution in [2.75, 3.05) is 62.2 Å². The van der Waals surface area contributed by atoms with Crippen molar-refractivity contribution in [2.45, 2.75) is 0 Å². The first-order valence-corrected chi connectivity index (χ1v) is 17.3. The molecule has 0 saturated carbocycles. The third kappa shape index (κ3) is 6.08. The van der Waals surface area contributed by atoms with Crippen LogP contribution in [0.2, 0.25) is 0 Å². The molecule has 1 fully saturated rings. The van der Waals surface area contributed by atoms with E-state index in [1.165, 1.54) is 0 Å². The molecule has 3 N–H and O–H groups in total. The highest BCUT2D eigenvalue weighted by Crippen LogP contribution is 2.42. The number of halogens is 1. The van der Waals surface area contributed by atoms with Crippen LogP contribution in [0.25, 0.3) is 22.0 Å². The summed E-state index contributed by atoms with van der Waals surface area (Å²) in [6, 6.07) is 11.8. The van der Waals surface area contributed by atoms with Gasteiger partial charge in [-0.3, -0.25) is 9.67 Å². The fourth-order valence-electron chi connectivity index (χ4n) is 5.36. The summed E-state index contributed by atoms with van der Waals surface area (Å²) >= 11 is 3.58. The van der Waals surface area contributed by atoms with Gasteiger partial charge in [0.15, 0.2) is 0 Å². The first-order chi connectivity index (χ1) is 20.7. The average Bonchev–Trinajstić information content (AvgIpc) is 3.44. The highest BCUT2D eigenvalue weighted by atomic mass is 79.9. The molecule has 0 spiro atoms. The number of hydrogen-bond acceptors (Lipinski definition) is 10. The predicted octanol–water partition coefficient (Wildman–Crippen LogP) is 5.34. The van der Waals surface area contributed by atoms with E-state index in [-0.39, 0.29) is 0 Å². The van der Waals surface area contributed by atoms with Gasteiger partial charge in [0.05, 0.1) is 40.9 Å². The number of aromatic nitrogens is 5. The van der Waals surface area contributed by atoms with E-state index in [1.54, 1.807) is 37.5 Å². The first-order valence-electron chi connectivity index (χ1n) is 13.9. The molecule has 1 aliphatic heterocycles. The number of benzene rings is 2. The molecule has 5 aromatic rings. The summed E-state index contributed by atoms with van der Waals surface area (Å²) in [5, 5.41) is 16.1. The minimum Gasteiger partial charge on any atom is -0.494 e. The van der Waals surface area contributed by atoms with Gasteiger partial charge < -0.3 is 30.2 Å². The fourth-order valence-corrected chi connectivity index (χ4v) is 7.11. The molecule has 2 aromatic carbocycles. The Morgan fingerprint density at radius 3 is 2.53 bits per heavy atom. The summed E-state index contributed by atoms with van der Waals surface area (Å²) in [4.78, 5) is 16.2. The number of para-hydroxylation sites is 1. The Kier molecular flexibility index (Phi) is 8.09. The van der Waals surface area contributed by atoms with Crippen molar-refractivity contribution in [1.29, 1.82) is 0 Å². The summed E-state index contributed by atoms with van der Waals surface area (Å²) < 4.78 is 21.7. The zero-order chi connectivity index (χ0) is 30.1. The van der Waals surface area contributed by atoms with Crippen LogP contribution in [0, 0.1) is 0 Å². The second-order valence-electron chi connectivity index (χ2n) is 10.7. The van der Waals surface area contributed by atoms with Crippen LogP contribution in [0.5, 0.6) is 5.75 Å². The van der Waals surface area contributed by atoms with E-state index in [1.807, 2.05) is 43.7 Å². The van der Waals surface area contributed by atoms with Crippen molar-refractivity contribution in [3.05, 3.63) is 65.7 Å². The minimum atomic E-state index is -2.69. The second-order valence-corrected chi connectivity index (χ2v) is 14.7. The Balaban J connectivity index is 1.38. The minimum absolute atomic E-state index is 0.363. The lowest BCUT2D eigenvalue weighted by atomic mass is 10.0. The lowest BCUT2D eigenvalue weighted by Gasteiger charge is -2.31. The van der Waals surface area contributed by atoms with Gasteiger partial charge in [-0.25, -0.2) is 4.98 Å². The Morgan fingerprint density at radius 2 is 1.81 bits per heavy atom. The molecule has 6 rings (SSSR count). The summed E-state index contributed by atoms with van der Waals surface area (Å²) in [6.07, 6.45) is 7.25. The van der Waals surface area contributed by atoms with Crippen LogP contribution in [0.15, 0.2) is 65.7 Å². The van der Waals surface area contributed by atoms with Crippen LogP contribution < -0.4 is 30.9 Å². The summed E-state index contributed by atoms with van der Waals surface area (Å²) in [6.45, 7) is 7.13. The van der Waals surface area contributed by atoms with Crippen molar-refractivity contribution >= 4 is 68.1 Å². The number of pyridine rings is 1.